The largest absolute Gasteiger partial charge is 0.457 e. The van der Waals surface area contributed by atoms with Crippen LogP contribution in [0.2, 0.25) is 0 Å². The number of hydrogen-bond donors (Lipinski definition) is 1. The third kappa shape index (κ3) is 3.79. The molecule has 38 heavy (non-hydrogen) atoms. The van der Waals surface area contributed by atoms with Crippen LogP contribution in [0.15, 0.2) is 72.8 Å². The maximum absolute atomic E-state index is 14.1. The summed E-state index contributed by atoms with van der Waals surface area (Å²) in [6.45, 7) is 2.81. The molecule has 0 atom stereocenters. The highest BCUT2D eigenvalue weighted by Crippen LogP contribution is 2.48. The molecule has 0 aliphatic carbocycles. The third-order valence-electron chi connectivity index (χ3n) is 7.19. The zero-order valence-electron chi connectivity index (χ0n) is 20.6. The van der Waals surface area contributed by atoms with Crippen LogP contribution in [0.5, 0.6) is 11.5 Å². The van der Waals surface area contributed by atoms with Crippen molar-refractivity contribution >= 4 is 49.7 Å². The SMILES string of the molecule is CC(=O)N1CCc2c(sc(NC(=O)C3c4ccccc4Oc4ccccc43)c2-c2nc3ccccc3s2)C1. The van der Waals surface area contributed by atoms with Crippen LogP contribution >= 0.6 is 22.7 Å². The van der Waals surface area contributed by atoms with Crippen molar-refractivity contribution in [2.24, 2.45) is 0 Å². The van der Waals surface area contributed by atoms with Gasteiger partial charge in [-0.15, -0.1) is 22.7 Å². The van der Waals surface area contributed by atoms with Gasteiger partial charge in [-0.1, -0.05) is 48.5 Å². The van der Waals surface area contributed by atoms with Crippen molar-refractivity contribution in [1.29, 1.82) is 0 Å². The van der Waals surface area contributed by atoms with Gasteiger partial charge in [0.05, 0.1) is 22.7 Å². The molecule has 0 saturated heterocycles. The van der Waals surface area contributed by atoms with Gasteiger partial charge in [0.2, 0.25) is 11.8 Å². The molecule has 8 heteroatoms. The van der Waals surface area contributed by atoms with E-state index in [4.69, 9.17) is 9.72 Å². The zero-order valence-corrected chi connectivity index (χ0v) is 22.2. The summed E-state index contributed by atoms with van der Waals surface area (Å²) in [6.07, 6.45) is 0.732. The molecule has 5 aromatic rings. The van der Waals surface area contributed by atoms with Crippen LogP contribution in [0, 0.1) is 0 Å². The fourth-order valence-electron chi connectivity index (χ4n) is 5.34. The molecule has 0 fully saturated rings. The molecule has 7 rings (SSSR count). The second-order valence-corrected chi connectivity index (χ2v) is 11.6. The predicted molar refractivity (Wildman–Crippen MR) is 151 cm³/mol. The molecule has 2 aromatic heterocycles. The van der Waals surface area contributed by atoms with Crippen molar-refractivity contribution in [2.45, 2.75) is 25.8 Å². The van der Waals surface area contributed by atoms with E-state index >= 15 is 0 Å². The summed E-state index contributed by atoms with van der Waals surface area (Å²) >= 11 is 3.18. The molecule has 0 unspecified atom stereocenters. The Balaban J connectivity index is 1.33. The minimum Gasteiger partial charge on any atom is -0.457 e. The number of thiazole rings is 1. The smallest absolute Gasteiger partial charge is 0.237 e. The van der Waals surface area contributed by atoms with Crippen LogP contribution in [0.4, 0.5) is 5.00 Å². The molecule has 2 amide bonds. The van der Waals surface area contributed by atoms with E-state index in [9.17, 15) is 9.59 Å². The molecule has 0 saturated carbocycles. The molecule has 0 spiro atoms. The standard InChI is InChI=1S/C30H23N3O3S2/c1-17(34)33-15-14-20-25(16-33)38-30(27(20)29-31-21-10-4-7-13-24(21)37-29)32-28(35)26-18-8-2-5-11-22(18)36-23-12-6-3-9-19(23)26/h2-13,26H,14-16H2,1H3,(H,32,35). The van der Waals surface area contributed by atoms with E-state index in [0.717, 1.165) is 48.2 Å². The molecular weight excluding hydrogens is 514 g/mol. The summed E-state index contributed by atoms with van der Waals surface area (Å²) in [6, 6.07) is 23.5. The second-order valence-electron chi connectivity index (χ2n) is 9.49. The topological polar surface area (TPSA) is 71.5 Å². The highest BCUT2D eigenvalue weighted by atomic mass is 32.1. The van der Waals surface area contributed by atoms with E-state index in [2.05, 4.69) is 11.4 Å². The fraction of sp³-hybridized carbons (Fsp3) is 0.167. The van der Waals surface area contributed by atoms with Crippen LogP contribution in [-0.4, -0.2) is 28.2 Å². The van der Waals surface area contributed by atoms with E-state index in [1.807, 2.05) is 71.6 Å². The van der Waals surface area contributed by atoms with Gasteiger partial charge in [-0.2, -0.15) is 0 Å². The number of carbonyl (C=O) groups is 2. The monoisotopic (exact) mass is 537 g/mol. The molecule has 0 radical (unpaired) electrons. The molecule has 1 N–H and O–H groups in total. The number of amides is 2. The van der Waals surface area contributed by atoms with E-state index in [0.29, 0.717) is 24.6 Å². The first-order valence-electron chi connectivity index (χ1n) is 12.5. The van der Waals surface area contributed by atoms with Crippen molar-refractivity contribution < 1.29 is 14.3 Å². The molecule has 188 valence electrons. The molecule has 0 bridgehead atoms. The molecule has 4 heterocycles. The first kappa shape index (κ1) is 23.1. The molecule has 2 aliphatic heterocycles. The summed E-state index contributed by atoms with van der Waals surface area (Å²) < 4.78 is 7.22. The van der Waals surface area contributed by atoms with Crippen LogP contribution < -0.4 is 10.1 Å². The van der Waals surface area contributed by atoms with Gasteiger partial charge in [0.15, 0.2) is 0 Å². The van der Waals surface area contributed by atoms with Gasteiger partial charge in [0.1, 0.15) is 21.5 Å². The lowest BCUT2D eigenvalue weighted by Crippen LogP contribution is -2.33. The zero-order chi connectivity index (χ0) is 25.8. The lowest BCUT2D eigenvalue weighted by Gasteiger charge is -2.27. The average Bonchev–Trinajstić information content (AvgIpc) is 3.51. The second kappa shape index (κ2) is 9.08. The van der Waals surface area contributed by atoms with Crippen molar-refractivity contribution in [1.82, 2.24) is 9.88 Å². The van der Waals surface area contributed by atoms with Gasteiger partial charge in [-0.05, 0) is 36.2 Å². The van der Waals surface area contributed by atoms with E-state index in [-0.39, 0.29) is 11.8 Å². The summed E-state index contributed by atoms with van der Waals surface area (Å²) in [5, 5.41) is 4.97. The Kier molecular flexibility index (Phi) is 5.52. The Hall–Kier alpha value is -4.01. The van der Waals surface area contributed by atoms with Crippen LogP contribution in [0.3, 0.4) is 0 Å². The molecule has 6 nitrogen and oxygen atoms in total. The Morgan fingerprint density at radius 3 is 2.34 bits per heavy atom. The van der Waals surface area contributed by atoms with E-state index in [1.54, 1.807) is 29.6 Å². The van der Waals surface area contributed by atoms with Crippen LogP contribution in [-0.2, 0) is 22.6 Å². The number of carbonyl (C=O) groups excluding carboxylic acids is 2. The van der Waals surface area contributed by atoms with Gasteiger partial charge in [0, 0.05) is 35.0 Å². The van der Waals surface area contributed by atoms with E-state index < -0.39 is 5.92 Å². The normalized spacial score (nSPS) is 14.4. The Morgan fingerprint density at radius 1 is 0.947 bits per heavy atom. The van der Waals surface area contributed by atoms with Gasteiger partial charge in [-0.25, -0.2) is 4.98 Å². The number of hydrogen-bond acceptors (Lipinski definition) is 6. The number of thiophene rings is 1. The fourth-order valence-corrected chi connectivity index (χ4v) is 7.72. The first-order chi connectivity index (χ1) is 18.6. The average molecular weight is 538 g/mol. The van der Waals surface area contributed by atoms with E-state index in [1.165, 1.54) is 5.56 Å². The molecule has 2 aliphatic rings. The van der Waals surface area contributed by atoms with Gasteiger partial charge in [0.25, 0.3) is 0 Å². The lowest BCUT2D eigenvalue weighted by molar-refractivity contribution is -0.129. The summed E-state index contributed by atoms with van der Waals surface area (Å²) in [4.78, 5) is 34.1. The quantitative estimate of drug-likeness (QED) is 0.275. The summed E-state index contributed by atoms with van der Waals surface area (Å²) in [5.41, 5.74) is 4.79. The number of nitrogens with one attached hydrogen (secondary N) is 1. The number of para-hydroxylation sites is 3. The number of fused-ring (bicyclic) bond motifs is 4. The van der Waals surface area contributed by atoms with Gasteiger partial charge in [-0.3, -0.25) is 9.59 Å². The Labute approximate surface area is 227 Å². The van der Waals surface area contributed by atoms with Gasteiger partial charge >= 0.3 is 0 Å². The highest BCUT2D eigenvalue weighted by molar-refractivity contribution is 7.23. The number of aromatic nitrogens is 1. The highest BCUT2D eigenvalue weighted by Gasteiger charge is 2.34. The maximum atomic E-state index is 14.1. The van der Waals surface area contributed by atoms with Crippen LogP contribution in [0.25, 0.3) is 20.8 Å². The van der Waals surface area contributed by atoms with Gasteiger partial charge < -0.3 is 15.0 Å². The summed E-state index contributed by atoms with van der Waals surface area (Å²) in [7, 11) is 0. The Morgan fingerprint density at radius 2 is 1.63 bits per heavy atom. The van der Waals surface area contributed by atoms with Crippen molar-refractivity contribution in [3.63, 3.8) is 0 Å². The maximum Gasteiger partial charge on any atom is 0.237 e. The third-order valence-corrected chi connectivity index (χ3v) is 9.37. The number of nitrogens with zero attached hydrogens (tertiary/aromatic N) is 2. The first-order valence-corrected chi connectivity index (χ1v) is 14.1. The van der Waals surface area contributed by atoms with Crippen molar-refractivity contribution in [3.8, 4) is 22.1 Å². The number of ether oxygens (including phenoxy) is 1. The molecule has 3 aromatic carbocycles. The van der Waals surface area contributed by atoms with Crippen molar-refractivity contribution in [3.05, 3.63) is 94.4 Å². The minimum absolute atomic E-state index is 0.0617. The molecular formula is C30H23N3O3S2. The number of rotatable bonds is 3. The van der Waals surface area contributed by atoms with Crippen molar-refractivity contribution in [2.75, 3.05) is 11.9 Å². The number of benzene rings is 3. The minimum atomic E-state index is -0.507. The Bertz CT molecular complexity index is 1660. The number of anilines is 1. The lowest BCUT2D eigenvalue weighted by atomic mass is 9.87. The predicted octanol–water partition coefficient (Wildman–Crippen LogP) is 6.81. The summed E-state index contributed by atoms with van der Waals surface area (Å²) in [5.74, 6) is 0.831. The van der Waals surface area contributed by atoms with Crippen LogP contribution in [0.1, 0.15) is 34.4 Å².